The van der Waals surface area contributed by atoms with Crippen molar-refractivity contribution in [2.24, 2.45) is 0 Å². The van der Waals surface area contributed by atoms with Gasteiger partial charge in [-0.2, -0.15) is 0 Å². The molecule has 1 rings (SSSR count). The van der Waals surface area contributed by atoms with Crippen molar-refractivity contribution in [1.82, 2.24) is 15.5 Å². The molecule has 6 nitrogen and oxygen atoms in total. The maximum atomic E-state index is 12.5. The van der Waals surface area contributed by atoms with Crippen LogP contribution in [0.25, 0.3) is 0 Å². The molecule has 1 amide bonds. The molecule has 0 aromatic heterocycles. The van der Waals surface area contributed by atoms with Gasteiger partial charge in [-0.3, -0.25) is 10.1 Å². The third-order valence-electron chi connectivity index (χ3n) is 3.57. The Hall–Kier alpha value is -1.22. The first-order valence-electron chi connectivity index (χ1n) is 8.24. The second kappa shape index (κ2) is 12.2. The number of benzene rings is 1. The maximum absolute atomic E-state index is 12.5. The summed E-state index contributed by atoms with van der Waals surface area (Å²) in [4.78, 5) is 14.8. The molecule has 140 valence electrons. The molecule has 0 fully saturated rings. The van der Waals surface area contributed by atoms with E-state index in [9.17, 15) is 4.79 Å². The van der Waals surface area contributed by atoms with Crippen molar-refractivity contribution in [2.45, 2.75) is 13.8 Å². The molecule has 0 aliphatic carbocycles. The standard InChI is InChI=1S/C17H26BrN3O3S/c1-4-21(5-2)9-8-19-17(25)20-16(22)14-12-13(18)6-7-15(14)24-11-10-23-3/h6-7,12H,4-5,8-11H2,1-3H3,(H2,19,20,22,25). The number of hydrogen-bond donors (Lipinski definition) is 2. The van der Waals surface area contributed by atoms with Crippen molar-refractivity contribution < 1.29 is 14.3 Å². The molecule has 25 heavy (non-hydrogen) atoms. The number of methoxy groups -OCH3 is 1. The summed E-state index contributed by atoms with van der Waals surface area (Å²) in [7, 11) is 1.60. The molecular formula is C17H26BrN3O3S. The minimum absolute atomic E-state index is 0.306. The minimum atomic E-state index is -0.311. The highest BCUT2D eigenvalue weighted by molar-refractivity contribution is 9.10. The monoisotopic (exact) mass is 431 g/mol. The fourth-order valence-corrected chi connectivity index (χ4v) is 2.68. The number of carbonyl (C=O) groups is 1. The third-order valence-corrected chi connectivity index (χ3v) is 4.31. The van der Waals surface area contributed by atoms with Crippen LogP contribution >= 0.6 is 28.1 Å². The molecule has 0 radical (unpaired) electrons. The van der Waals surface area contributed by atoms with E-state index >= 15 is 0 Å². The highest BCUT2D eigenvalue weighted by atomic mass is 79.9. The van der Waals surface area contributed by atoms with E-state index in [1.165, 1.54) is 0 Å². The van der Waals surface area contributed by atoms with Crippen molar-refractivity contribution in [1.29, 1.82) is 0 Å². The quantitative estimate of drug-likeness (QED) is 0.438. The topological polar surface area (TPSA) is 62.8 Å². The molecule has 1 aromatic carbocycles. The maximum Gasteiger partial charge on any atom is 0.261 e. The summed E-state index contributed by atoms with van der Waals surface area (Å²) in [5.41, 5.74) is 0.415. The number of hydrogen-bond acceptors (Lipinski definition) is 5. The summed E-state index contributed by atoms with van der Waals surface area (Å²) in [5.74, 6) is 0.178. The smallest absolute Gasteiger partial charge is 0.261 e. The van der Waals surface area contributed by atoms with Crippen molar-refractivity contribution in [3.8, 4) is 5.75 Å². The van der Waals surface area contributed by atoms with Crippen LogP contribution in [0, 0.1) is 0 Å². The zero-order chi connectivity index (χ0) is 18.7. The number of thiocarbonyl (C=S) groups is 1. The molecule has 0 saturated heterocycles. The van der Waals surface area contributed by atoms with Gasteiger partial charge in [0, 0.05) is 24.7 Å². The van der Waals surface area contributed by atoms with Gasteiger partial charge in [0.25, 0.3) is 5.91 Å². The number of amides is 1. The van der Waals surface area contributed by atoms with Gasteiger partial charge in [-0.05, 0) is 43.5 Å². The first kappa shape index (κ1) is 21.8. The molecule has 1 aromatic rings. The van der Waals surface area contributed by atoms with Crippen molar-refractivity contribution in [3.63, 3.8) is 0 Å². The molecule has 0 spiro atoms. The number of nitrogens with zero attached hydrogens (tertiary/aromatic N) is 1. The van der Waals surface area contributed by atoms with E-state index in [1.54, 1.807) is 19.2 Å². The lowest BCUT2D eigenvalue weighted by atomic mass is 10.2. The third kappa shape index (κ3) is 8.13. The Morgan fingerprint density at radius 2 is 2.00 bits per heavy atom. The first-order valence-corrected chi connectivity index (χ1v) is 9.44. The second-order valence-corrected chi connectivity index (χ2v) is 6.54. The summed E-state index contributed by atoms with van der Waals surface area (Å²) < 4.78 is 11.4. The Balaban J connectivity index is 2.60. The average molecular weight is 432 g/mol. The van der Waals surface area contributed by atoms with Gasteiger partial charge in [0.05, 0.1) is 12.2 Å². The Morgan fingerprint density at radius 3 is 2.64 bits per heavy atom. The molecule has 0 heterocycles. The summed E-state index contributed by atoms with van der Waals surface area (Å²) in [6, 6.07) is 5.26. The van der Waals surface area contributed by atoms with E-state index in [4.69, 9.17) is 21.7 Å². The average Bonchev–Trinajstić information content (AvgIpc) is 2.60. The van der Waals surface area contributed by atoms with Gasteiger partial charge in [-0.1, -0.05) is 29.8 Å². The summed E-state index contributed by atoms with van der Waals surface area (Å²) in [6.45, 7) is 8.55. The number of carbonyl (C=O) groups excluding carboxylic acids is 1. The summed E-state index contributed by atoms with van der Waals surface area (Å²) in [5, 5.41) is 6.05. The van der Waals surface area contributed by atoms with E-state index in [2.05, 4.69) is 45.3 Å². The largest absolute Gasteiger partial charge is 0.490 e. The predicted octanol–water partition coefficient (Wildman–Crippen LogP) is 2.42. The predicted molar refractivity (Wildman–Crippen MR) is 107 cm³/mol. The minimum Gasteiger partial charge on any atom is -0.490 e. The fraction of sp³-hybridized carbons (Fsp3) is 0.529. The van der Waals surface area contributed by atoms with Crippen LogP contribution in [0.15, 0.2) is 22.7 Å². The molecule has 0 aliphatic rings. The molecule has 2 N–H and O–H groups in total. The highest BCUT2D eigenvalue weighted by Crippen LogP contribution is 2.23. The van der Waals surface area contributed by atoms with Gasteiger partial charge in [-0.15, -0.1) is 0 Å². The van der Waals surface area contributed by atoms with Crippen LogP contribution in [0.4, 0.5) is 0 Å². The van der Waals surface area contributed by atoms with Crippen LogP contribution in [-0.2, 0) is 4.74 Å². The van der Waals surface area contributed by atoms with E-state index in [-0.39, 0.29) is 5.91 Å². The Bertz CT molecular complexity index is 568. The lowest BCUT2D eigenvalue weighted by Crippen LogP contribution is -2.42. The second-order valence-electron chi connectivity index (χ2n) is 5.22. The lowest BCUT2D eigenvalue weighted by molar-refractivity contribution is 0.0968. The zero-order valence-corrected chi connectivity index (χ0v) is 17.3. The van der Waals surface area contributed by atoms with E-state index in [0.29, 0.717) is 36.2 Å². The molecule has 0 aliphatic heterocycles. The van der Waals surface area contributed by atoms with Crippen LogP contribution in [-0.4, -0.2) is 62.4 Å². The van der Waals surface area contributed by atoms with Crippen LogP contribution in [0.5, 0.6) is 5.75 Å². The number of ether oxygens (including phenoxy) is 2. The van der Waals surface area contributed by atoms with Gasteiger partial charge in [0.2, 0.25) is 0 Å². The summed E-state index contributed by atoms with van der Waals surface area (Å²) in [6.07, 6.45) is 0. The van der Waals surface area contributed by atoms with Crippen LogP contribution in [0.2, 0.25) is 0 Å². The van der Waals surface area contributed by atoms with Crippen molar-refractivity contribution in [2.75, 3.05) is 46.5 Å². The molecule has 0 atom stereocenters. The molecule has 0 saturated carbocycles. The Morgan fingerprint density at radius 1 is 1.28 bits per heavy atom. The SMILES string of the molecule is CCN(CC)CCNC(=S)NC(=O)c1cc(Br)ccc1OCCOC. The van der Waals surface area contributed by atoms with Gasteiger partial charge in [-0.25, -0.2) is 0 Å². The highest BCUT2D eigenvalue weighted by Gasteiger charge is 2.15. The van der Waals surface area contributed by atoms with E-state index in [1.807, 2.05) is 6.07 Å². The van der Waals surface area contributed by atoms with Crippen molar-refractivity contribution >= 4 is 39.2 Å². The van der Waals surface area contributed by atoms with Gasteiger partial charge in [0.1, 0.15) is 12.4 Å². The van der Waals surface area contributed by atoms with Crippen molar-refractivity contribution in [3.05, 3.63) is 28.2 Å². The van der Waals surface area contributed by atoms with Gasteiger partial charge >= 0.3 is 0 Å². The van der Waals surface area contributed by atoms with Gasteiger partial charge < -0.3 is 19.7 Å². The van der Waals surface area contributed by atoms with E-state index in [0.717, 1.165) is 24.1 Å². The Labute approximate surface area is 163 Å². The summed E-state index contributed by atoms with van der Waals surface area (Å²) >= 11 is 8.58. The van der Waals surface area contributed by atoms with Crippen LogP contribution in [0.1, 0.15) is 24.2 Å². The first-order chi connectivity index (χ1) is 12.0. The number of nitrogens with one attached hydrogen (secondary N) is 2. The normalized spacial score (nSPS) is 10.6. The molecular weight excluding hydrogens is 406 g/mol. The number of halogens is 1. The van der Waals surface area contributed by atoms with Gasteiger partial charge in [0.15, 0.2) is 5.11 Å². The molecule has 0 bridgehead atoms. The van der Waals surface area contributed by atoms with Crippen LogP contribution in [0.3, 0.4) is 0 Å². The molecule has 8 heteroatoms. The zero-order valence-electron chi connectivity index (χ0n) is 14.9. The number of rotatable bonds is 10. The fourth-order valence-electron chi connectivity index (χ4n) is 2.12. The molecule has 0 unspecified atom stereocenters. The lowest BCUT2D eigenvalue weighted by Gasteiger charge is -2.19. The Kier molecular flexibility index (Phi) is 10.6. The van der Waals surface area contributed by atoms with Crippen LogP contribution < -0.4 is 15.4 Å². The van der Waals surface area contributed by atoms with E-state index < -0.39 is 0 Å². The number of likely N-dealkylation sites (N-methyl/N-ethyl adjacent to an activating group) is 1.